The van der Waals surface area contributed by atoms with Gasteiger partial charge in [0.1, 0.15) is 0 Å². The quantitative estimate of drug-likeness (QED) is 0.664. The molecule has 0 bridgehead atoms. The number of carbonyl (C=O) groups excluding carboxylic acids is 1. The van der Waals surface area contributed by atoms with E-state index in [2.05, 4.69) is 5.32 Å². The molecule has 0 heterocycles. The predicted molar refractivity (Wildman–Crippen MR) is 52.2 cm³/mol. The van der Waals surface area contributed by atoms with Crippen molar-refractivity contribution in [3.8, 4) is 0 Å². The van der Waals surface area contributed by atoms with Gasteiger partial charge in [0.2, 0.25) is 5.91 Å². The Morgan fingerprint density at radius 3 is 2.58 bits per heavy atom. The zero-order chi connectivity index (χ0) is 9.56. The van der Waals surface area contributed by atoms with E-state index in [1.165, 1.54) is 11.8 Å². The summed E-state index contributed by atoms with van der Waals surface area (Å²) in [4.78, 5) is 11.1. The molecule has 12 heavy (non-hydrogen) atoms. The molecule has 72 valence electrons. The minimum atomic E-state index is 0.0373. The van der Waals surface area contributed by atoms with Gasteiger partial charge in [0.05, 0.1) is 5.75 Å². The second kappa shape index (κ2) is 6.31. The van der Waals surface area contributed by atoms with Gasteiger partial charge in [-0.1, -0.05) is 6.92 Å². The fourth-order valence-electron chi connectivity index (χ4n) is 0.727. The summed E-state index contributed by atoms with van der Waals surface area (Å²) in [5, 5.41) is 11.6. The Bertz CT molecular complexity index is 141. The van der Waals surface area contributed by atoms with Crippen LogP contribution in [0.1, 0.15) is 13.8 Å². The van der Waals surface area contributed by atoms with Gasteiger partial charge in [0.15, 0.2) is 0 Å². The molecule has 0 aromatic carbocycles. The topological polar surface area (TPSA) is 49.3 Å². The Labute approximate surface area is 77.9 Å². The summed E-state index contributed by atoms with van der Waals surface area (Å²) in [6, 6.07) is 0.0506. The number of amides is 1. The van der Waals surface area contributed by atoms with Crippen LogP contribution in [0.15, 0.2) is 0 Å². The van der Waals surface area contributed by atoms with Crippen LogP contribution in [-0.4, -0.2) is 35.7 Å². The highest BCUT2D eigenvalue weighted by Crippen LogP contribution is 2.01. The van der Waals surface area contributed by atoms with E-state index in [4.69, 9.17) is 5.11 Å². The van der Waals surface area contributed by atoms with Crippen molar-refractivity contribution in [3.63, 3.8) is 0 Å². The molecule has 0 aliphatic carbocycles. The smallest absolute Gasteiger partial charge is 0.230 e. The summed E-state index contributed by atoms with van der Waals surface area (Å²) < 4.78 is 0. The second-order valence-corrected chi connectivity index (χ2v) is 3.82. The zero-order valence-corrected chi connectivity index (χ0v) is 8.65. The number of hydrogen-bond acceptors (Lipinski definition) is 3. The maximum absolute atomic E-state index is 11.1. The van der Waals surface area contributed by atoms with Crippen molar-refractivity contribution in [2.45, 2.75) is 19.9 Å². The van der Waals surface area contributed by atoms with Crippen molar-refractivity contribution in [1.82, 2.24) is 5.32 Å². The average Bonchev–Trinajstić information content (AvgIpc) is 2.03. The summed E-state index contributed by atoms with van der Waals surface area (Å²) in [5.41, 5.74) is 0. The first-order valence-electron chi connectivity index (χ1n) is 4.01. The molecule has 0 radical (unpaired) electrons. The number of carbonyl (C=O) groups is 1. The molecule has 2 atom stereocenters. The Morgan fingerprint density at radius 1 is 1.58 bits per heavy atom. The highest BCUT2D eigenvalue weighted by Gasteiger charge is 2.12. The molecule has 0 aromatic rings. The molecule has 4 heteroatoms. The number of thioether (sulfide) groups is 1. The lowest BCUT2D eigenvalue weighted by Gasteiger charge is -2.18. The normalized spacial score (nSPS) is 15.3. The van der Waals surface area contributed by atoms with E-state index in [-0.39, 0.29) is 24.5 Å². The summed E-state index contributed by atoms with van der Waals surface area (Å²) in [5.74, 6) is 0.647. The molecule has 0 fully saturated rings. The van der Waals surface area contributed by atoms with Crippen LogP contribution in [0, 0.1) is 5.92 Å². The molecule has 0 aromatic heterocycles. The lowest BCUT2D eigenvalue weighted by molar-refractivity contribution is -0.119. The summed E-state index contributed by atoms with van der Waals surface area (Å²) in [6.07, 6.45) is 1.89. The van der Waals surface area contributed by atoms with Gasteiger partial charge in [-0.2, -0.15) is 11.8 Å². The van der Waals surface area contributed by atoms with E-state index in [1.54, 1.807) is 0 Å². The summed E-state index contributed by atoms with van der Waals surface area (Å²) >= 11 is 1.50. The number of rotatable bonds is 5. The standard InChI is InChI=1S/C8H17NO2S/c1-6(4-10)7(2)9-8(11)5-12-3/h6-7,10H,4-5H2,1-3H3,(H,9,11). The molecule has 0 saturated heterocycles. The Kier molecular flexibility index (Phi) is 6.20. The highest BCUT2D eigenvalue weighted by molar-refractivity contribution is 7.99. The summed E-state index contributed by atoms with van der Waals surface area (Å²) in [6.45, 7) is 3.92. The van der Waals surface area contributed by atoms with E-state index in [1.807, 2.05) is 20.1 Å². The van der Waals surface area contributed by atoms with Crippen LogP contribution in [0.3, 0.4) is 0 Å². The number of hydrogen-bond donors (Lipinski definition) is 2. The largest absolute Gasteiger partial charge is 0.396 e. The molecule has 0 saturated carbocycles. The van der Waals surface area contributed by atoms with Gasteiger partial charge in [-0.05, 0) is 19.1 Å². The Hall–Kier alpha value is -0.220. The molecule has 1 amide bonds. The molecule has 0 rings (SSSR count). The first kappa shape index (κ1) is 11.8. The second-order valence-electron chi connectivity index (χ2n) is 2.95. The molecule has 0 aliphatic heterocycles. The average molecular weight is 191 g/mol. The minimum Gasteiger partial charge on any atom is -0.396 e. The van der Waals surface area contributed by atoms with Crippen molar-refractivity contribution < 1.29 is 9.90 Å². The first-order chi connectivity index (χ1) is 5.61. The monoisotopic (exact) mass is 191 g/mol. The SMILES string of the molecule is CSCC(=O)NC(C)C(C)CO. The van der Waals surface area contributed by atoms with Crippen LogP contribution >= 0.6 is 11.8 Å². The molecule has 2 N–H and O–H groups in total. The first-order valence-corrected chi connectivity index (χ1v) is 5.40. The van der Waals surface area contributed by atoms with Crippen molar-refractivity contribution in [2.75, 3.05) is 18.6 Å². The third-order valence-electron chi connectivity index (χ3n) is 1.81. The third-order valence-corrected chi connectivity index (χ3v) is 2.36. The van der Waals surface area contributed by atoms with Crippen LogP contribution in [0.5, 0.6) is 0 Å². The van der Waals surface area contributed by atoms with Gasteiger partial charge in [-0.15, -0.1) is 0 Å². The van der Waals surface area contributed by atoms with Gasteiger partial charge in [0.25, 0.3) is 0 Å². The van der Waals surface area contributed by atoms with Crippen molar-refractivity contribution >= 4 is 17.7 Å². The van der Waals surface area contributed by atoms with Crippen LogP contribution in [0.2, 0.25) is 0 Å². The molecule has 2 unspecified atom stereocenters. The van der Waals surface area contributed by atoms with E-state index < -0.39 is 0 Å². The highest BCUT2D eigenvalue weighted by atomic mass is 32.2. The maximum Gasteiger partial charge on any atom is 0.230 e. The number of aliphatic hydroxyl groups excluding tert-OH is 1. The van der Waals surface area contributed by atoms with Gasteiger partial charge in [0, 0.05) is 12.6 Å². The van der Waals surface area contributed by atoms with E-state index in [0.717, 1.165) is 0 Å². The van der Waals surface area contributed by atoms with Gasteiger partial charge >= 0.3 is 0 Å². The van der Waals surface area contributed by atoms with Crippen molar-refractivity contribution in [1.29, 1.82) is 0 Å². The Balaban J connectivity index is 3.67. The lowest BCUT2D eigenvalue weighted by Crippen LogP contribution is -2.39. The molecule has 0 spiro atoms. The molecule has 3 nitrogen and oxygen atoms in total. The molecular formula is C8H17NO2S. The van der Waals surface area contributed by atoms with Crippen LogP contribution < -0.4 is 5.32 Å². The lowest BCUT2D eigenvalue weighted by atomic mass is 10.1. The fourth-order valence-corrected chi connectivity index (χ4v) is 1.07. The van der Waals surface area contributed by atoms with E-state index in [0.29, 0.717) is 5.75 Å². The number of aliphatic hydroxyl groups is 1. The van der Waals surface area contributed by atoms with Crippen LogP contribution in [0.25, 0.3) is 0 Å². The molecule has 0 aliphatic rings. The van der Waals surface area contributed by atoms with E-state index >= 15 is 0 Å². The minimum absolute atomic E-state index is 0.0373. The molecular weight excluding hydrogens is 174 g/mol. The Morgan fingerprint density at radius 2 is 2.17 bits per heavy atom. The summed E-state index contributed by atoms with van der Waals surface area (Å²) in [7, 11) is 0. The fraction of sp³-hybridized carbons (Fsp3) is 0.875. The predicted octanol–water partition coefficient (Wildman–Crippen LogP) is 0.482. The van der Waals surface area contributed by atoms with E-state index in [9.17, 15) is 4.79 Å². The van der Waals surface area contributed by atoms with Gasteiger partial charge in [-0.3, -0.25) is 4.79 Å². The maximum atomic E-state index is 11.1. The third kappa shape index (κ3) is 4.62. The van der Waals surface area contributed by atoms with Gasteiger partial charge in [-0.25, -0.2) is 0 Å². The van der Waals surface area contributed by atoms with Crippen molar-refractivity contribution in [3.05, 3.63) is 0 Å². The van der Waals surface area contributed by atoms with Gasteiger partial charge < -0.3 is 10.4 Å². The van der Waals surface area contributed by atoms with Crippen molar-refractivity contribution in [2.24, 2.45) is 5.92 Å². The number of nitrogens with one attached hydrogen (secondary N) is 1. The zero-order valence-electron chi connectivity index (χ0n) is 7.83. The van der Waals surface area contributed by atoms with Crippen LogP contribution in [-0.2, 0) is 4.79 Å². The van der Waals surface area contributed by atoms with Crippen LogP contribution in [0.4, 0.5) is 0 Å².